The summed E-state index contributed by atoms with van der Waals surface area (Å²) < 4.78 is 11.3. The average Bonchev–Trinajstić information content (AvgIpc) is 3.57. The van der Waals surface area contributed by atoms with E-state index in [-0.39, 0.29) is 25.3 Å². The van der Waals surface area contributed by atoms with Crippen molar-refractivity contribution in [1.29, 1.82) is 0 Å². The molecule has 1 aromatic heterocycles. The van der Waals surface area contributed by atoms with E-state index in [1.165, 1.54) is 0 Å². The maximum atomic E-state index is 12.8. The number of carboxylic acids is 1. The van der Waals surface area contributed by atoms with Crippen molar-refractivity contribution in [2.75, 3.05) is 6.61 Å². The molecule has 1 N–H and O–H groups in total. The van der Waals surface area contributed by atoms with Crippen LogP contribution < -0.4 is 0 Å². The molecule has 186 valence electrons. The number of aromatic nitrogens is 1. The summed E-state index contributed by atoms with van der Waals surface area (Å²) in [5, 5.41) is 14.2. The number of amides is 1. The number of cyclic esters (lactones) is 1. The van der Waals surface area contributed by atoms with Crippen molar-refractivity contribution in [2.24, 2.45) is 0 Å². The molecule has 2 aliphatic rings. The highest BCUT2D eigenvalue weighted by Crippen LogP contribution is 2.50. The fourth-order valence-electron chi connectivity index (χ4n) is 5.18. The van der Waals surface area contributed by atoms with Crippen LogP contribution in [0.1, 0.15) is 41.3 Å². The molecule has 2 heterocycles. The molecule has 7 nitrogen and oxygen atoms in total. The molecular formula is C30H26N2O5. The van der Waals surface area contributed by atoms with Crippen LogP contribution in [-0.2, 0) is 21.5 Å². The third kappa shape index (κ3) is 3.96. The maximum absolute atomic E-state index is 12.8. The molecule has 37 heavy (non-hydrogen) atoms. The smallest absolute Gasteiger partial charge is 0.410 e. The Morgan fingerprint density at radius 2 is 1.73 bits per heavy atom. The lowest BCUT2D eigenvalue weighted by molar-refractivity contribution is -0.140. The van der Waals surface area contributed by atoms with Gasteiger partial charge in [-0.25, -0.2) is 4.79 Å². The molecule has 1 atom stereocenters. The van der Waals surface area contributed by atoms with E-state index in [1.807, 2.05) is 85.8 Å². The van der Waals surface area contributed by atoms with Gasteiger partial charge in [-0.3, -0.25) is 9.69 Å². The monoisotopic (exact) mass is 494 g/mol. The number of carboxylic acid groups (broad SMARTS) is 1. The van der Waals surface area contributed by atoms with Gasteiger partial charge in [0.2, 0.25) is 0 Å². The highest BCUT2D eigenvalue weighted by Gasteiger charge is 2.52. The van der Waals surface area contributed by atoms with E-state index in [2.05, 4.69) is 5.16 Å². The van der Waals surface area contributed by atoms with E-state index < -0.39 is 11.4 Å². The maximum Gasteiger partial charge on any atom is 0.410 e. The predicted molar refractivity (Wildman–Crippen MR) is 137 cm³/mol. The Labute approximate surface area is 214 Å². The largest absolute Gasteiger partial charge is 0.481 e. The highest BCUT2D eigenvalue weighted by molar-refractivity contribution is 5.88. The van der Waals surface area contributed by atoms with E-state index in [0.29, 0.717) is 24.3 Å². The molecule has 1 saturated heterocycles. The number of aryl methyl sites for hydroxylation is 1. The Kier molecular flexibility index (Phi) is 5.56. The van der Waals surface area contributed by atoms with Gasteiger partial charge in [-0.1, -0.05) is 78.0 Å². The first kappa shape index (κ1) is 23.0. The molecule has 0 radical (unpaired) electrons. The summed E-state index contributed by atoms with van der Waals surface area (Å²) in [4.78, 5) is 26.6. The summed E-state index contributed by atoms with van der Waals surface area (Å²) in [6, 6.07) is 25.3. The standard InChI is InChI=1S/C30H26N2O5/c1-19-25(17-32-26(18-36-29(32)35)21-10-6-3-7-11-21)27(37-31-19)24-16-22(30(14-15-30)28(33)34)12-13-23(24)20-8-4-2-5-9-20/h2-13,16,26H,14-15,17-18H2,1H3,(H,33,34)/t26-/m1/s1. The summed E-state index contributed by atoms with van der Waals surface area (Å²) in [7, 11) is 0. The third-order valence-corrected chi connectivity index (χ3v) is 7.53. The quantitative estimate of drug-likeness (QED) is 0.332. The van der Waals surface area contributed by atoms with E-state index in [0.717, 1.165) is 33.4 Å². The van der Waals surface area contributed by atoms with E-state index in [9.17, 15) is 14.7 Å². The third-order valence-electron chi connectivity index (χ3n) is 7.53. The number of ether oxygens (including phenoxy) is 1. The Bertz CT molecular complexity index is 1470. The van der Waals surface area contributed by atoms with Crippen LogP contribution in [0.3, 0.4) is 0 Å². The van der Waals surface area contributed by atoms with Crippen LogP contribution >= 0.6 is 0 Å². The van der Waals surface area contributed by atoms with Crippen LogP contribution in [0.5, 0.6) is 0 Å². The molecule has 7 heteroatoms. The van der Waals surface area contributed by atoms with Crippen molar-refractivity contribution < 1.29 is 24.0 Å². The topological polar surface area (TPSA) is 92.9 Å². The minimum absolute atomic E-state index is 0.225. The number of carbonyl (C=O) groups is 2. The first-order chi connectivity index (χ1) is 18.0. The van der Waals surface area contributed by atoms with Crippen molar-refractivity contribution >= 4 is 12.1 Å². The van der Waals surface area contributed by atoms with Crippen molar-refractivity contribution in [1.82, 2.24) is 10.1 Å². The van der Waals surface area contributed by atoms with Gasteiger partial charge in [-0.05, 0) is 48.1 Å². The lowest BCUT2D eigenvalue weighted by Gasteiger charge is -2.22. The summed E-state index contributed by atoms with van der Waals surface area (Å²) in [6.07, 6.45) is 0.820. The minimum atomic E-state index is -0.865. The van der Waals surface area contributed by atoms with Crippen molar-refractivity contribution in [3.8, 4) is 22.5 Å². The Morgan fingerprint density at radius 3 is 2.41 bits per heavy atom. The molecule has 3 aromatic carbocycles. The van der Waals surface area contributed by atoms with E-state index >= 15 is 0 Å². The zero-order chi connectivity index (χ0) is 25.6. The Balaban J connectivity index is 1.46. The van der Waals surface area contributed by atoms with Gasteiger partial charge < -0.3 is 14.4 Å². The number of aliphatic carboxylic acids is 1. The molecule has 2 fully saturated rings. The van der Waals surface area contributed by atoms with Crippen LogP contribution in [0.2, 0.25) is 0 Å². The lowest BCUT2D eigenvalue weighted by Crippen LogP contribution is -2.27. The molecule has 1 aliphatic heterocycles. The number of benzene rings is 3. The Hall–Kier alpha value is -4.39. The van der Waals surface area contributed by atoms with Crippen molar-refractivity contribution in [3.05, 3.63) is 101 Å². The number of hydrogen-bond acceptors (Lipinski definition) is 5. The molecule has 4 aromatic rings. The van der Waals surface area contributed by atoms with E-state index in [1.54, 1.807) is 4.90 Å². The fraction of sp³-hybridized carbons (Fsp3) is 0.233. The van der Waals surface area contributed by atoms with Crippen LogP contribution in [0.15, 0.2) is 83.4 Å². The fourth-order valence-corrected chi connectivity index (χ4v) is 5.18. The summed E-state index contributed by atoms with van der Waals surface area (Å²) in [6.45, 7) is 2.38. The van der Waals surface area contributed by atoms with Gasteiger partial charge in [0.25, 0.3) is 0 Å². The molecule has 1 saturated carbocycles. The SMILES string of the molecule is Cc1noc(-c2cc(C3(C(=O)O)CC3)ccc2-c2ccccc2)c1CN1C(=O)OC[C@@H]1c1ccccc1. The van der Waals surface area contributed by atoms with Crippen LogP contribution in [0.4, 0.5) is 4.79 Å². The summed E-state index contributed by atoms with van der Waals surface area (Å²) >= 11 is 0. The zero-order valence-electron chi connectivity index (χ0n) is 20.4. The minimum Gasteiger partial charge on any atom is -0.481 e. The van der Waals surface area contributed by atoms with Gasteiger partial charge >= 0.3 is 12.1 Å². The number of nitrogens with zero attached hydrogens (tertiary/aromatic N) is 2. The number of carbonyl (C=O) groups excluding carboxylic acids is 1. The van der Waals surface area contributed by atoms with Gasteiger partial charge in [-0.2, -0.15) is 0 Å². The number of hydrogen-bond donors (Lipinski definition) is 1. The second kappa shape index (κ2) is 8.92. The first-order valence-corrected chi connectivity index (χ1v) is 12.3. The van der Waals surface area contributed by atoms with Gasteiger partial charge in [0, 0.05) is 11.1 Å². The summed E-state index contributed by atoms with van der Waals surface area (Å²) in [5.74, 6) is -0.281. The average molecular weight is 495 g/mol. The molecule has 0 spiro atoms. The normalized spacial score (nSPS) is 18.0. The van der Waals surface area contributed by atoms with Gasteiger partial charge in [0.15, 0.2) is 5.76 Å². The summed E-state index contributed by atoms with van der Waals surface area (Å²) in [5.41, 5.74) is 4.97. The predicted octanol–water partition coefficient (Wildman–Crippen LogP) is 6.13. The zero-order valence-corrected chi connectivity index (χ0v) is 20.4. The van der Waals surface area contributed by atoms with Gasteiger partial charge in [0.05, 0.1) is 23.7 Å². The molecule has 1 amide bonds. The molecule has 0 unspecified atom stereocenters. The molecule has 0 bridgehead atoms. The molecular weight excluding hydrogens is 468 g/mol. The van der Waals surface area contributed by atoms with Gasteiger partial charge in [-0.15, -0.1) is 0 Å². The Morgan fingerprint density at radius 1 is 1.03 bits per heavy atom. The molecule has 1 aliphatic carbocycles. The lowest BCUT2D eigenvalue weighted by atomic mass is 9.88. The van der Waals surface area contributed by atoms with Crippen LogP contribution in [0, 0.1) is 6.92 Å². The van der Waals surface area contributed by atoms with E-state index in [4.69, 9.17) is 9.26 Å². The number of rotatable bonds is 7. The second-order valence-corrected chi connectivity index (χ2v) is 9.72. The van der Waals surface area contributed by atoms with Crippen LogP contribution in [-0.4, -0.2) is 33.8 Å². The van der Waals surface area contributed by atoms with Gasteiger partial charge in [0.1, 0.15) is 6.61 Å². The van der Waals surface area contributed by atoms with Crippen molar-refractivity contribution in [3.63, 3.8) is 0 Å². The highest BCUT2D eigenvalue weighted by atomic mass is 16.6. The first-order valence-electron chi connectivity index (χ1n) is 12.3. The molecule has 6 rings (SSSR count). The van der Waals surface area contributed by atoms with Crippen LogP contribution in [0.25, 0.3) is 22.5 Å². The van der Waals surface area contributed by atoms with Crippen molar-refractivity contribution in [2.45, 2.75) is 37.8 Å². The second-order valence-electron chi connectivity index (χ2n) is 9.72.